The molecule has 19 heavy (non-hydrogen) atoms. The molecular weight excluding hydrogens is 273 g/mol. The van der Waals surface area contributed by atoms with Crippen molar-refractivity contribution in [3.8, 4) is 0 Å². The number of alkyl halides is 3. The molecule has 0 rings (SSSR count). The van der Waals surface area contributed by atoms with Crippen molar-refractivity contribution in [2.24, 2.45) is 0 Å². The van der Waals surface area contributed by atoms with Crippen molar-refractivity contribution in [1.29, 1.82) is 0 Å². The Labute approximate surface area is 108 Å². The van der Waals surface area contributed by atoms with Crippen LogP contribution in [0.3, 0.4) is 0 Å². The van der Waals surface area contributed by atoms with Crippen molar-refractivity contribution in [3.05, 3.63) is 0 Å². The second-order valence-corrected chi connectivity index (χ2v) is 3.77. The first kappa shape index (κ1) is 18.6. The molecule has 0 radical (unpaired) electrons. The molecule has 0 amide bonds. The molecule has 9 heteroatoms. The lowest BCUT2D eigenvalue weighted by molar-refractivity contribution is -0.181. The Morgan fingerprint density at radius 1 is 0.842 bits per heavy atom. The maximum absolute atomic E-state index is 11.7. The Hall–Kier alpha value is -0.450. The molecule has 0 saturated carbocycles. The molecule has 0 aliphatic carbocycles. The molecule has 2 atom stereocenters. The molecule has 0 fully saturated rings. The maximum Gasteiger partial charge on any atom is 0.411 e. The molecule has 0 aliphatic rings. The largest absolute Gasteiger partial charge is 0.411 e. The molecular formula is C10H19F3O6. The molecule has 0 saturated heterocycles. The topological polar surface area (TPSA) is 88.4 Å². The average molecular weight is 292 g/mol. The summed E-state index contributed by atoms with van der Waals surface area (Å²) in [5, 5.41) is 26.9. The monoisotopic (exact) mass is 292 g/mol. The summed E-state index contributed by atoms with van der Waals surface area (Å²) in [5.74, 6) is 0. The Morgan fingerprint density at radius 2 is 1.32 bits per heavy atom. The van der Waals surface area contributed by atoms with Crippen molar-refractivity contribution in [2.45, 2.75) is 18.4 Å². The summed E-state index contributed by atoms with van der Waals surface area (Å²) < 4.78 is 49.0. The molecule has 0 heterocycles. The van der Waals surface area contributed by atoms with E-state index in [1.807, 2.05) is 0 Å². The second-order valence-electron chi connectivity index (χ2n) is 3.77. The van der Waals surface area contributed by atoms with Crippen LogP contribution in [0.5, 0.6) is 0 Å². The van der Waals surface area contributed by atoms with E-state index in [0.29, 0.717) is 0 Å². The summed E-state index contributed by atoms with van der Waals surface area (Å²) in [7, 11) is 0. The first-order valence-electron chi connectivity index (χ1n) is 5.62. The van der Waals surface area contributed by atoms with Crippen LogP contribution < -0.4 is 0 Å². The summed E-state index contributed by atoms with van der Waals surface area (Å²) in [6, 6.07) is 0. The third kappa shape index (κ3) is 13.8. The number of aliphatic hydroxyl groups excluding tert-OH is 3. The molecule has 0 bridgehead atoms. The fourth-order valence-electron chi connectivity index (χ4n) is 1.03. The van der Waals surface area contributed by atoms with Crippen molar-refractivity contribution in [3.63, 3.8) is 0 Å². The summed E-state index contributed by atoms with van der Waals surface area (Å²) in [5.41, 5.74) is 0. The summed E-state index contributed by atoms with van der Waals surface area (Å²) in [4.78, 5) is 0. The SMILES string of the molecule is OCCOCC(O)COCC(O)COCC(F)(F)F. The Balaban J connectivity index is 3.44. The normalized spacial score (nSPS) is 15.5. The third-order valence-corrected chi connectivity index (χ3v) is 1.74. The molecule has 6 nitrogen and oxygen atoms in total. The first-order chi connectivity index (χ1) is 8.85. The zero-order valence-electron chi connectivity index (χ0n) is 10.3. The van der Waals surface area contributed by atoms with Crippen LogP contribution in [0, 0.1) is 0 Å². The zero-order chi connectivity index (χ0) is 14.7. The molecule has 2 unspecified atom stereocenters. The van der Waals surface area contributed by atoms with Crippen LogP contribution in [0.15, 0.2) is 0 Å². The van der Waals surface area contributed by atoms with E-state index in [9.17, 15) is 23.4 Å². The summed E-state index contributed by atoms with van der Waals surface area (Å²) >= 11 is 0. The van der Waals surface area contributed by atoms with E-state index in [0.717, 1.165) is 0 Å². The fourth-order valence-corrected chi connectivity index (χ4v) is 1.03. The third-order valence-electron chi connectivity index (χ3n) is 1.74. The van der Waals surface area contributed by atoms with Gasteiger partial charge in [-0.15, -0.1) is 0 Å². The van der Waals surface area contributed by atoms with Crippen LogP contribution in [0.1, 0.15) is 0 Å². The standard InChI is InChI=1S/C10H19F3O6/c11-10(12,13)7-19-6-9(16)5-18-4-8(15)3-17-2-1-14/h8-9,14-16H,1-7H2. The van der Waals surface area contributed by atoms with E-state index in [1.165, 1.54) is 0 Å². The number of hydrogen-bond donors (Lipinski definition) is 3. The smallest absolute Gasteiger partial charge is 0.394 e. The molecule has 0 aromatic rings. The first-order valence-corrected chi connectivity index (χ1v) is 5.62. The highest BCUT2D eigenvalue weighted by molar-refractivity contribution is 4.56. The Bertz CT molecular complexity index is 214. The number of ether oxygens (including phenoxy) is 3. The minimum absolute atomic E-state index is 0.0404. The number of hydrogen-bond acceptors (Lipinski definition) is 6. The van der Waals surface area contributed by atoms with Crippen LogP contribution in [-0.4, -0.2) is 80.0 Å². The van der Waals surface area contributed by atoms with Gasteiger partial charge in [-0.25, -0.2) is 0 Å². The fraction of sp³-hybridized carbons (Fsp3) is 1.00. The van der Waals surface area contributed by atoms with E-state index in [1.54, 1.807) is 0 Å². The van der Waals surface area contributed by atoms with E-state index in [-0.39, 0.29) is 33.0 Å². The number of aliphatic hydroxyl groups is 3. The molecule has 0 aromatic heterocycles. The van der Waals surface area contributed by atoms with Crippen molar-refractivity contribution >= 4 is 0 Å². The second kappa shape index (κ2) is 10.4. The van der Waals surface area contributed by atoms with Gasteiger partial charge in [0.1, 0.15) is 18.8 Å². The van der Waals surface area contributed by atoms with Gasteiger partial charge in [0.15, 0.2) is 0 Å². The van der Waals surface area contributed by atoms with Gasteiger partial charge in [-0.1, -0.05) is 0 Å². The van der Waals surface area contributed by atoms with E-state index in [2.05, 4.69) is 4.74 Å². The van der Waals surface area contributed by atoms with Crippen LogP contribution in [-0.2, 0) is 14.2 Å². The molecule has 116 valence electrons. The van der Waals surface area contributed by atoms with Gasteiger partial charge >= 0.3 is 6.18 Å². The van der Waals surface area contributed by atoms with Gasteiger partial charge in [0.2, 0.25) is 0 Å². The zero-order valence-corrected chi connectivity index (χ0v) is 10.3. The maximum atomic E-state index is 11.7. The van der Waals surface area contributed by atoms with Gasteiger partial charge in [0.25, 0.3) is 0 Å². The quantitative estimate of drug-likeness (QED) is 0.437. The van der Waals surface area contributed by atoms with Crippen LogP contribution in [0.2, 0.25) is 0 Å². The van der Waals surface area contributed by atoms with Crippen LogP contribution in [0.4, 0.5) is 13.2 Å². The van der Waals surface area contributed by atoms with Gasteiger partial charge in [-0.3, -0.25) is 0 Å². The van der Waals surface area contributed by atoms with E-state index >= 15 is 0 Å². The number of halogens is 3. The lowest BCUT2D eigenvalue weighted by Gasteiger charge is -2.15. The van der Waals surface area contributed by atoms with E-state index < -0.39 is 31.6 Å². The predicted molar refractivity (Wildman–Crippen MR) is 57.6 cm³/mol. The van der Waals surface area contributed by atoms with Crippen molar-refractivity contribution < 1.29 is 42.7 Å². The van der Waals surface area contributed by atoms with Crippen LogP contribution in [0.25, 0.3) is 0 Å². The van der Waals surface area contributed by atoms with Gasteiger partial charge in [0.05, 0.1) is 39.6 Å². The summed E-state index contributed by atoms with van der Waals surface area (Å²) in [6.07, 6.45) is -6.57. The lowest BCUT2D eigenvalue weighted by atomic mass is 10.4. The number of rotatable bonds is 11. The summed E-state index contributed by atoms with van der Waals surface area (Å²) in [6.45, 7) is -2.44. The molecule has 0 aliphatic heterocycles. The van der Waals surface area contributed by atoms with Crippen molar-refractivity contribution in [1.82, 2.24) is 0 Å². The average Bonchev–Trinajstić information content (AvgIpc) is 2.27. The molecule has 0 spiro atoms. The lowest BCUT2D eigenvalue weighted by Crippen LogP contribution is -2.29. The molecule has 0 aromatic carbocycles. The minimum Gasteiger partial charge on any atom is -0.394 e. The van der Waals surface area contributed by atoms with Gasteiger partial charge < -0.3 is 29.5 Å². The Kier molecular flexibility index (Phi) is 10.1. The van der Waals surface area contributed by atoms with Gasteiger partial charge in [0, 0.05) is 0 Å². The van der Waals surface area contributed by atoms with Gasteiger partial charge in [-0.2, -0.15) is 13.2 Å². The van der Waals surface area contributed by atoms with E-state index in [4.69, 9.17) is 14.6 Å². The molecule has 3 N–H and O–H groups in total. The minimum atomic E-state index is -4.43. The van der Waals surface area contributed by atoms with Crippen LogP contribution >= 0.6 is 0 Å². The van der Waals surface area contributed by atoms with Gasteiger partial charge in [-0.05, 0) is 0 Å². The highest BCUT2D eigenvalue weighted by atomic mass is 19.4. The Morgan fingerprint density at radius 3 is 1.79 bits per heavy atom. The highest BCUT2D eigenvalue weighted by Gasteiger charge is 2.27. The predicted octanol–water partition coefficient (Wildman–Crippen LogP) is -0.687. The van der Waals surface area contributed by atoms with Crippen molar-refractivity contribution in [2.75, 3.05) is 46.2 Å². The highest BCUT2D eigenvalue weighted by Crippen LogP contribution is 2.14.